The summed E-state index contributed by atoms with van der Waals surface area (Å²) in [7, 11) is 0. The van der Waals surface area contributed by atoms with E-state index in [-0.39, 0.29) is 25.0 Å². The Kier molecular flexibility index (Phi) is 6.16. The van der Waals surface area contributed by atoms with E-state index in [0.717, 1.165) is 10.0 Å². The normalized spacial score (nSPS) is 10.7. The lowest BCUT2D eigenvalue weighted by molar-refractivity contribution is 0.0825. The van der Waals surface area contributed by atoms with Crippen molar-refractivity contribution in [3.05, 3.63) is 69.9 Å². The van der Waals surface area contributed by atoms with Crippen molar-refractivity contribution in [1.82, 2.24) is 4.90 Å². The number of hydrogen-bond acceptors (Lipinski definition) is 2. The van der Waals surface area contributed by atoms with Gasteiger partial charge in [-0.05, 0) is 37.6 Å². The zero-order valence-electron chi connectivity index (χ0n) is 13.1. The van der Waals surface area contributed by atoms with Crippen molar-refractivity contribution < 1.29 is 13.9 Å². The summed E-state index contributed by atoms with van der Waals surface area (Å²) < 4.78 is 20.0. The minimum Gasteiger partial charge on any atom is -0.445 e. The number of carbonyl (C=O) groups excluding carboxylic acids is 1. The van der Waals surface area contributed by atoms with E-state index in [1.807, 2.05) is 44.2 Å². The molecule has 3 nitrogen and oxygen atoms in total. The lowest BCUT2D eigenvalue weighted by Gasteiger charge is -2.26. The zero-order valence-corrected chi connectivity index (χ0v) is 14.7. The van der Waals surface area contributed by atoms with Gasteiger partial charge in [0.2, 0.25) is 0 Å². The van der Waals surface area contributed by atoms with Crippen LogP contribution >= 0.6 is 15.9 Å². The van der Waals surface area contributed by atoms with Crippen LogP contribution in [0.15, 0.2) is 53.0 Å². The summed E-state index contributed by atoms with van der Waals surface area (Å²) >= 11 is 3.32. The molecule has 1 amide bonds. The van der Waals surface area contributed by atoms with Crippen LogP contribution in [0.5, 0.6) is 0 Å². The van der Waals surface area contributed by atoms with E-state index in [1.54, 1.807) is 12.1 Å². The second kappa shape index (κ2) is 8.11. The highest BCUT2D eigenvalue weighted by Crippen LogP contribution is 2.19. The Hall–Kier alpha value is -1.88. The first-order valence-corrected chi connectivity index (χ1v) is 8.18. The summed E-state index contributed by atoms with van der Waals surface area (Å²) in [6.07, 6.45) is -0.455. The number of nitrogens with zero attached hydrogens (tertiary/aromatic N) is 1. The Balaban J connectivity index is 2.05. The second-order valence-corrected chi connectivity index (χ2v) is 6.41. The van der Waals surface area contributed by atoms with E-state index < -0.39 is 6.09 Å². The summed E-state index contributed by atoms with van der Waals surface area (Å²) in [6, 6.07) is 14.1. The van der Waals surface area contributed by atoms with Gasteiger partial charge in [-0.15, -0.1) is 0 Å². The molecule has 0 fully saturated rings. The second-order valence-electron chi connectivity index (χ2n) is 5.50. The van der Waals surface area contributed by atoms with E-state index >= 15 is 0 Å². The third kappa shape index (κ3) is 5.06. The SMILES string of the molecule is CC(C)N(Cc1cc(Br)ccc1F)C(=O)OCc1ccccc1. The maximum absolute atomic E-state index is 13.9. The first kappa shape index (κ1) is 17.5. The van der Waals surface area contributed by atoms with Crippen molar-refractivity contribution >= 4 is 22.0 Å². The Labute approximate surface area is 144 Å². The van der Waals surface area contributed by atoms with Crippen molar-refractivity contribution in [2.24, 2.45) is 0 Å². The third-order valence-corrected chi connectivity index (χ3v) is 3.90. The van der Waals surface area contributed by atoms with Gasteiger partial charge in [0.15, 0.2) is 0 Å². The van der Waals surface area contributed by atoms with Gasteiger partial charge in [-0.1, -0.05) is 46.3 Å². The largest absolute Gasteiger partial charge is 0.445 e. The van der Waals surface area contributed by atoms with Gasteiger partial charge in [0.1, 0.15) is 12.4 Å². The van der Waals surface area contributed by atoms with Gasteiger partial charge in [0.25, 0.3) is 0 Å². The maximum Gasteiger partial charge on any atom is 0.410 e. The van der Waals surface area contributed by atoms with Gasteiger partial charge in [-0.25, -0.2) is 9.18 Å². The van der Waals surface area contributed by atoms with Crippen molar-refractivity contribution in [2.75, 3.05) is 0 Å². The van der Waals surface area contributed by atoms with Gasteiger partial charge in [0.05, 0.1) is 6.54 Å². The van der Waals surface area contributed by atoms with Gasteiger partial charge < -0.3 is 9.64 Å². The average molecular weight is 380 g/mol. The minimum atomic E-state index is -0.455. The lowest BCUT2D eigenvalue weighted by Crippen LogP contribution is -2.37. The Morgan fingerprint density at radius 2 is 1.91 bits per heavy atom. The van der Waals surface area contributed by atoms with Crippen LogP contribution in [0.3, 0.4) is 0 Å². The Bertz CT molecular complexity index is 661. The molecule has 0 N–H and O–H groups in total. The van der Waals surface area contributed by atoms with Gasteiger partial charge in [-0.3, -0.25) is 0 Å². The molecule has 0 spiro atoms. The fraction of sp³-hybridized carbons (Fsp3) is 0.278. The van der Waals surface area contributed by atoms with Crippen LogP contribution in [0, 0.1) is 5.82 Å². The number of hydrogen-bond donors (Lipinski definition) is 0. The van der Waals surface area contributed by atoms with Crippen molar-refractivity contribution in [1.29, 1.82) is 0 Å². The molecule has 0 aliphatic heterocycles. The fourth-order valence-corrected chi connectivity index (χ4v) is 2.52. The molecular formula is C18H19BrFNO2. The summed E-state index contributed by atoms with van der Waals surface area (Å²) in [6.45, 7) is 4.11. The summed E-state index contributed by atoms with van der Waals surface area (Å²) in [4.78, 5) is 13.8. The molecule has 2 rings (SSSR count). The van der Waals surface area contributed by atoms with E-state index in [0.29, 0.717) is 5.56 Å². The van der Waals surface area contributed by atoms with E-state index in [4.69, 9.17) is 4.74 Å². The molecule has 23 heavy (non-hydrogen) atoms. The van der Waals surface area contributed by atoms with Crippen LogP contribution in [0.4, 0.5) is 9.18 Å². The molecule has 5 heteroatoms. The van der Waals surface area contributed by atoms with Crippen LogP contribution in [0.25, 0.3) is 0 Å². The highest BCUT2D eigenvalue weighted by molar-refractivity contribution is 9.10. The molecule has 0 aromatic heterocycles. The molecule has 122 valence electrons. The van der Waals surface area contributed by atoms with Gasteiger partial charge in [-0.2, -0.15) is 0 Å². The van der Waals surface area contributed by atoms with Crippen molar-refractivity contribution in [2.45, 2.75) is 33.0 Å². The summed E-state index contributed by atoms with van der Waals surface area (Å²) in [5, 5.41) is 0. The lowest BCUT2D eigenvalue weighted by atomic mass is 10.2. The number of halogens is 2. The Morgan fingerprint density at radius 3 is 2.57 bits per heavy atom. The van der Waals surface area contributed by atoms with Gasteiger partial charge in [0, 0.05) is 16.1 Å². The average Bonchev–Trinajstić information content (AvgIpc) is 2.54. The minimum absolute atomic E-state index is 0.100. The number of benzene rings is 2. The molecule has 0 aliphatic rings. The Morgan fingerprint density at radius 1 is 1.22 bits per heavy atom. The van der Waals surface area contributed by atoms with Crippen LogP contribution in [-0.2, 0) is 17.9 Å². The standard InChI is InChI=1S/C18H19BrFNO2/c1-13(2)21(11-15-10-16(19)8-9-17(15)20)18(22)23-12-14-6-4-3-5-7-14/h3-10,13H,11-12H2,1-2H3. The predicted molar refractivity (Wildman–Crippen MR) is 91.4 cm³/mol. The predicted octanol–water partition coefficient (Wildman–Crippen LogP) is 5.14. The van der Waals surface area contributed by atoms with Gasteiger partial charge >= 0.3 is 6.09 Å². The third-order valence-electron chi connectivity index (χ3n) is 3.41. The smallest absolute Gasteiger partial charge is 0.410 e. The van der Waals surface area contributed by atoms with Crippen LogP contribution < -0.4 is 0 Å². The zero-order chi connectivity index (χ0) is 16.8. The fourth-order valence-electron chi connectivity index (χ4n) is 2.11. The molecule has 0 aliphatic carbocycles. The quantitative estimate of drug-likeness (QED) is 0.719. The van der Waals surface area contributed by atoms with Crippen molar-refractivity contribution in [3.63, 3.8) is 0 Å². The molecule has 0 saturated heterocycles. The highest BCUT2D eigenvalue weighted by atomic mass is 79.9. The van der Waals surface area contributed by atoms with E-state index in [9.17, 15) is 9.18 Å². The van der Waals surface area contributed by atoms with Crippen molar-refractivity contribution in [3.8, 4) is 0 Å². The number of rotatable bonds is 5. The van der Waals surface area contributed by atoms with Crippen LogP contribution in [0.1, 0.15) is 25.0 Å². The van der Waals surface area contributed by atoms with Crippen LogP contribution in [-0.4, -0.2) is 17.0 Å². The molecule has 0 saturated carbocycles. The molecule has 0 unspecified atom stereocenters. The highest BCUT2D eigenvalue weighted by Gasteiger charge is 2.20. The summed E-state index contributed by atoms with van der Waals surface area (Å²) in [5.41, 5.74) is 1.36. The monoisotopic (exact) mass is 379 g/mol. The summed E-state index contributed by atoms with van der Waals surface area (Å²) in [5.74, 6) is -0.338. The molecule has 0 atom stereocenters. The maximum atomic E-state index is 13.9. The number of carbonyl (C=O) groups is 1. The molecular weight excluding hydrogens is 361 g/mol. The number of ether oxygens (including phenoxy) is 1. The van der Waals surface area contributed by atoms with E-state index in [2.05, 4.69) is 15.9 Å². The molecule has 0 radical (unpaired) electrons. The molecule has 2 aromatic carbocycles. The first-order chi connectivity index (χ1) is 11.0. The molecule has 0 heterocycles. The first-order valence-electron chi connectivity index (χ1n) is 7.38. The van der Waals surface area contributed by atoms with E-state index in [1.165, 1.54) is 11.0 Å². The topological polar surface area (TPSA) is 29.5 Å². The van der Waals surface area contributed by atoms with Crippen LogP contribution in [0.2, 0.25) is 0 Å². The molecule has 0 bridgehead atoms. The molecule has 2 aromatic rings. The number of amides is 1.